The van der Waals surface area contributed by atoms with Gasteiger partial charge in [0.2, 0.25) is 0 Å². The SMILES string of the molecule is COc1cc(C=C(C#N)c2ccccc2Cl)cc(I)c1OCc1ccc(Cl)cc1. The number of benzene rings is 3. The molecule has 0 N–H and O–H groups in total. The van der Waals surface area contributed by atoms with Gasteiger partial charge in [0.25, 0.3) is 0 Å². The van der Waals surface area contributed by atoms with Gasteiger partial charge >= 0.3 is 0 Å². The minimum absolute atomic E-state index is 0.391. The summed E-state index contributed by atoms with van der Waals surface area (Å²) in [6.45, 7) is 0.391. The number of halogens is 3. The summed E-state index contributed by atoms with van der Waals surface area (Å²) in [6.07, 6.45) is 1.79. The molecule has 146 valence electrons. The minimum atomic E-state index is 0.391. The molecule has 0 unspecified atom stereocenters. The van der Waals surface area contributed by atoms with Crippen LogP contribution in [0.2, 0.25) is 10.0 Å². The first kappa shape index (κ1) is 21.5. The molecule has 0 spiro atoms. The van der Waals surface area contributed by atoms with E-state index in [4.69, 9.17) is 32.7 Å². The molecule has 0 aliphatic carbocycles. The van der Waals surface area contributed by atoms with Crippen molar-refractivity contribution in [3.05, 3.63) is 91.0 Å². The lowest BCUT2D eigenvalue weighted by molar-refractivity contribution is 0.282. The van der Waals surface area contributed by atoms with Crippen molar-refractivity contribution in [2.24, 2.45) is 0 Å². The number of hydrogen-bond donors (Lipinski definition) is 0. The van der Waals surface area contributed by atoms with Crippen molar-refractivity contribution in [2.75, 3.05) is 7.11 Å². The number of nitrogens with zero attached hydrogens (tertiary/aromatic N) is 1. The summed E-state index contributed by atoms with van der Waals surface area (Å²) >= 11 is 14.4. The third-order valence-corrected chi connectivity index (χ3v) is 5.53. The van der Waals surface area contributed by atoms with E-state index in [0.717, 1.165) is 14.7 Å². The van der Waals surface area contributed by atoms with E-state index in [2.05, 4.69) is 28.7 Å². The Kier molecular flexibility index (Phi) is 7.43. The van der Waals surface area contributed by atoms with Gasteiger partial charge in [0.05, 0.1) is 22.3 Å². The Hall–Kier alpha value is -2.20. The fourth-order valence-corrected chi connectivity index (χ4v) is 3.86. The first-order valence-corrected chi connectivity index (χ1v) is 10.5. The minimum Gasteiger partial charge on any atom is -0.493 e. The van der Waals surface area contributed by atoms with E-state index in [0.29, 0.717) is 39.3 Å². The predicted molar refractivity (Wildman–Crippen MR) is 126 cm³/mol. The molecule has 0 atom stereocenters. The molecule has 3 nitrogen and oxygen atoms in total. The van der Waals surface area contributed by atoms with Crippen LogP contribution in [0.25, 0.3) is 11.6 Å². The van der Waals surface area contributed by atoms with Crippen molar-refractivity contribution in [3.8, 4) is 17.6 Å². The van der Waals surface area contributed by atoms with Crippen LogP contribution in [-0.4, -0.2) is 7.11 Å². The van der Waals surface area contributed by atoms with Gasteiger partial charge in [-0.15, -0.1) is 0 Å². The summed E-state index contributed by atoms with van der Waals surface area (Å²) in [6, 6.07) is 20.8. The average molecular weight is 536 g/mol. The third kappa shape index (κ3) is 5.45. The second kappa shape index (κ2) is 10.0. The van der Waals surface area contributed by atoms with Crippen molar-refractivity contribution in [2.45, 2.75) is 6.61 Å². The molecular weight excluding hydrogens is 520 g/mol. The maximum Gasteiger partial charge on any atom is 0.174 e. The molecular formula is C23H16Cl2INO2. The highest BCUT2D eigenvalue weighted by Gasteiger charge is 2.13. The largest absolute Gasteiger partial charge is 0.493 e. The summed E-state index contributed by atoms with van der Waals surface area (Å²) < 4.78 is 12.4. The maximum atomic E-state index is 9.60. The quantitative estimate of drug-likeness (QED) is 0.190. The lowest BCUT2D eigenvalue weighted by Crippen LogP contribution is -2.00. The Morgan fingerprint density at radius 1 is 1.10 bits per heavy atom. The van der Waals surface area contributed by atoms with Gasteiger partial charge in [-0.25, -0.2) is 0 Å². The molecule has 0 amide bonds. The van der Waals surface area contributed by atoms with Crippen LogP contribution < -0.4 is 9.47 Å². The highest BCUT2D eigenvalue weighted by Crippen LogP contribution is 2.36. The van der Waals surface area contributed by atoms with E-state index in [1.165, 1.54) is 0 Å². The molecule has 0 fully saturated rings. The van der Waals surface area contributed by atoms with Crippen molar-refractivity contribution in [1.29, 1.82) is 5.26 Å². The summed E-state index contributed by atoms with van der Waals surface area (Å²) in [5, 5.41) is 10.8. The Balaban J connectivity index is 1.90. The third-order valence-electron chi connectivity index (χ3n) is 4.14. The summed E-state index contributed by atoms with van der Waals surface area (Å²) in [5.74, 6) is 1.24. The molecule has 0 aromatic heterocycles. The molecule has 0 saturated carbocycles. The van der Waals surface area contributed by atoms with Gasteiger partial charge in [0.15, 0.2) is 11.5 Å². The van der Waals surface area contributed by atoms with Crippen molar-refractivity contribution >= 4 is 57.4 Å². The van der Waals surface area contributed by atoms with Crippen LogP contribution in [0.4, 0.5) is 0 Å². The van der Waals surface area contributed by atoms with Gasteiger partial charge in [-0.1, -0.05) is 53.5 Å². The maximum absolute atomic E-state index is 9.60. The number of allylic oxidation sites excluding steroid dienone is 1. The smallest absolute Gasteiger partial charge is 0.174 e. The van der Waals surface area contributed by atoms with E-state index >= 15 is 0 Å². The van der Waals surface area contributed by atoms with Crippen LogP contribution in [0.15, 0.2) is 60.7 Å². The second-order valence-electron chi connectivity index (χ2n) is 6.10. The van der Waals surface area contributed by atoms with Crippen molar-refractivity contribution in [3.63, 3.8) is 0 Å². The van der Waals surface area contributed by atoms with Gasteiger partial charge in [-0.05, 0) is 70.1 Å². The zero-order valence-electron chi connectivity index (χ0n) is 15.5. The van der Waals surface area contributed by atoms with E-state index in [1.54, 1.807) is 19.3 Å². The molecule has 3 rings (SSSR count). The van der Waals surface area contributed by atoms with Crippen LogP contribution >= 0.6 is 45.8 Å². The topological polar surface area (TPSA) is 42.2 Å². The normalized spacial score (nSPS) is 11.1. The van der Waals surface area contributed by atoms with Crippen LogP contribution in [0.3, 0.4) is 0 Å². The number of rotatable bonds is 6. The molecule has 3 aromatic carbocycles. The molecule has 0 radical (unpaired) electrons. The molecule has 6 heteroatoms. The zero-order chi connectivity index (χ0) is 20.8. The standard InChI is InChI=1S/C23H16Cl2INO2/c1-28-22-12-16(10-17(13-27)19-4-2-3-5-20(19)25)11-21(26)23(22)29-14-15-6-8-18(24)9-7-15/h2-12H,14H2,1H3. The molecule has 3 aromatic rings. The summed E-state index contributed by atoms with van der Waals surface area (Å²) in [4.78, 5) is 0. The van der Waals surface area contributed by atoms with E-state index in [1.807, 2.05) is 54.6 Å². The number of nitriles is 1. The van der Waals surface area contributed by atoms with Gasteiger partial charge in [-0.2, -0.15) is 5.26 Å². The molecule has 0 aliphatic rings. The monoisotopic (exact) mass is 535 g/mol. The van der Waals surface area contributed by atoms with Crippen LogP contribution in [-0.2, 0) is 6.61 Å². The van der Waals surface area contributed by atoms with Gasteiger partial charge in [-0.3, -0.25) is 0 Å². The summed E-state index contributed by atoms with van der Waals surface area (Å²) in [5.41, 5.74) is 2.99. The average Bonchev–Trinajstić information content (AvgIpc) is 2.72. The van der Waals surface area contributed by atoms with E-state index in [-0.39, 0.29) is 0 Å². The van der Waals surface area contributed by atoms with Crippen LogP contribution in [0.1, 0.15) is 16.7 Å². The molecule has 0 aliphatic heterocycles. The number of ether oxygens (including phenoxy) is 2. The fourth-order valence-electron chi connectivity index (χ4n) is 2.72. The van der Waals surface area contributed by atoms with Gasteiger partial charge in [0.1, 0.15) is 6.61 Å². The molecule has 0 saturated heterocycles. The van der Waals surface area contributed by atoms with Crippen LogP contribution in [0.5, 0.6) is 11.5 Å². The van der Waals surface area contributed by atoms with Crippen molar-refractivity contribution in [1.82, 2.24) is 0 Å². The first-order valence-electron chi connectivity index (χ1n) is 8.63. The molecule has 0 heterocycles. The van der Waals surface area contributed by atoms with E-state index in [9.17, 15) is 5.26 Å². The Morgan fingerprint density at radius 2 is 1.83 bits per heavy atom. The highest BCUT2D eigenvalue weighted by atomic mass is 127. The highest BCUT2D eigenvalue weighted by molar-refractivity contribution is 14.1. The van der Waals surface area contributed by atoms with E-state index < -0.39 is 0 Å². The zero-order valence-corrected chi connectivity index (χ0v) is 19.1. The lowest BCUT2D eigenvalue weighted by atomic mass is 10.0. The molecule has 0 bridgehead atoms. The van der Waals surface area contributed by atoms with Crippen molar-refractivity contribution < 1.29 is 9.47 Å². The summed E-state index contributed by atoms with van der Waals surface area (Å²) in [7, 11) is 1.59. The first-order chi connectivity index (χ1) is 14.0. The fraction of sp³-hybridized carbons (Fsp3) is 0.0870. The van der Waals surface area contributed by atoms with Crippen LogP contribution in [0, 0.1) is 14.9 Å². The second-order valence-corrected chi connectivity index (χ2v) is 8.10. The number of methoxy groups -OCH3 is 1. The lowest BCUT2D eigenvalue weighted by Gasteiger charge is -2.14. The predicted octanol–water partition coefficient (Wildman–Crippen LogP) is 7.25. The Labute approximate surface area is 193 Å². The van der Waals surface area contributed by atoms with Gasteiger partial charge in [0, 0.05) is 15.6 Å². The Bertz CT molecular complexity index is 1090. The molecule has 29 heavy (non-hydrogen) atoms. The Morgan fingerprint density at radius 3 is 2.48 bits per heavy atom. The number of hydrogen-bond acceptors (Lipinski definition) is 3. The van der Waals surface area contributed by atoms with Gasteiger partial charge < -0.3 is 9.47 Å².